The monoisotopic (exact) mass is 510 g/mol. The molecule has 0 aromatic heterocycles. The van der Waals surface area contributed by atoms with Gasteiger partial charge in [-0.2, -0.15) is 70.2 Å². The SMILES string of the molecule is COC(F)(F)C(F)(F)OC(F)(F)C(F)(F)OC(F)(F)C(F)(F)OC(F)(F)C(F)(F)OC. The van der Waals surface area contributed by atoms with E-state index in [0.717, 1.165) is 0 Å². The van der Waals surface area contributed by atoms with Gasteiger partial charge in [-0.1, -0.05) is 0 Å². The van der Waals surface area contributed by atoms with Crippen LogP contribution in [0.2, 0.25) is 0 Å². The molecule has 0 heterocycles. The number of hydrogen-bond acceptors (Lipinski definition) is 5. The molecule has 21 heteroatoms. The zero-order valence-electron chi connectivity index (χ0n) is 14.1. The Labute approximate surface area is 158 Å². The van der Waals surface area contributed by atoms with Crippen LogP contribution in [0.5, 0.6) is 0 Å². The van der Waals surface area contributed by atoms with Crippen LogP contribution >= 0.6 is 0 Å². The number of ether oxygens (including phenoxy) is 5. The molecule has 0 unspecified atom stereocenters. The summed E-state index contributed by atoms with van der Waals surface area (Å²) in [5.41, 5.74) is 0. The maximum absolute atomic E-state index is 13.0. The molecular weight excluding hydrogens is 504 g/mol. The number of methoxy groups -OCH3 is 2. The third-order valence-electron chi connectivity index (χ3n) is 2.64. The maximum Gasteiger partial charge on any atom is 0.453 e. The van der Waals surface area contributed by atoms with Crippen molar-refractivity contribution in [3.05, 3.63) is 0 Å². The van der Waals surface area contributed by atoms with Crippen molar-refractivity contribution >= 4 is 0 Å². The largest absolute Gasteiger partial charge is 0.453 e. The van der Waals surface area contributed by atoms with Crippen LogP contribution in [0.3, 0.4) is 0 Å². The van der Waals surface area contributed by atoms with Crippen LogP contribution in [-0.4, -0.2) is 63.1 Å². The molecule has 0 fully saturated rings. The molecule has 0 aromatic rings. The van der Waals surface area contributed by atoms with E-state index in [1.165, 1.54) is 4.74 Å². The summed E-state index contributed by atoms with van der Waals surface area (Å²) in [5.74, 6) is 0. The Morgan fingerprint density at radius 2 is 0.419 bits per heavy atom. The first-order chi connectivity index (χ1) is 13.2. The number of halogens is 16. The average Bonchev–Trinajstić information content (AvgIpc) is 2.51. The van der Waals surface area contributed by atoms with E-state index in [0.29, 0.717) is 0 Å². The second-order valence-corrected chi connectivity index (χ2v) is 4.85. The van der Waals surface area contributed by atoms with Crippen molar-refractivity contribution in [2.75, 3.05) is 14.2 Å². The highest BCUT2D eigenvalue weighted by molar-refractivity contribution is 4.79. The Morgan fingerprint density at radius 1 is 0.290 bits per heavy atom. The highest BCUT2D eigenvalue weighted by Crippen LogP contribution is 2.51. The molecule has 0 spiro atoms. The highest BCUT2D eigenvalue weighted by Gasteiger charge is 2.77. The Bertz CT molecular complexity index is 568. The first-order valence-corrected chi connectivity index (χ1v) is 6.47. The van der Waals surface area contributed by atoms with Crippen LogP contribution in [0.4, 0.5) is 70.2 Å². The minimum Gasteiger partial charge on any atom is -0.317 e. The van der Waals surface area contributed by atoms with Gasteiger partial charge in [0.05, 0.1) is 0 Å². The third-order valence-corrected chi connectivity index (χ3v) is 2.64. The maximum atomic E-state index is 13.0. The summed E-state index contributed by atoms with van der Waals surface area (Å²) in [6, 6.07) is 0. The molecule has 188 valence electrons. The highest BCUT2D eigenvalue weighted by atomic mass is 19.4. The smallest absolute Gasteiger partial charge is 0.317 e. The molecule has 0 rings (SSSR count). The van der Waals surface area contributed by atoms with E-state index in [-0.39, 0.29) is 14.2 Å². The van der Waals surface area contributed by atoms with E-state index >= 15 is 0 Å². The van der Waals surface area contributed by atoms with Gasteiger partial charge in [0.25, 0.3) is 0 Å². The lowest BCUT2D eigenvalue weighted by atomic mass is 10.4. The molecule has 0 atom stereocenters. The molecule has 0 aromatic carbocycles. The summed E-state index contributed by atoms with van der Waals surface area (Å²) >= 11 is 0. The Kier molecular flexibility index (Phi) is 7.88. The van der Waals surface area contributed by atoms with Crippen LogP contribution in [0.1, 0.15) is 0 Å². The van der Waals surface area contributed by atoms with E-state index in [2.05, 4.69) is 9.47 Å². The lowest BCUT2D eigenvalue weighted by molar-refractivity contribution is -0.579. The van der Waals surface area contributed by atoms with Crippen LogP contribution < -0.4 is 0 Å². The molecule has 31 heavy (non-hydrogen) atoms. The van der Waals surface area contributed by atoms with Crippen molar-refractivity contribution in [2.45, 2.75) is 48.9 Å². The van der Waals surface area contributed by atoms with Gasteiger partial charge in [0.2, 0.25) is 0 Å². The Balaban J connectivity index is 5.86. The molecule has 0 aliphatic heterocycles. The fraction of sp³-hybridized carbons (Fsp3) is 1.00. The summed E-state index contributed by atoms with van der Waals surface area (Å²) in [5, 5.41) is 0. The van der Waals surface area contributed by atoms with Crippen molar-refractivity contribution in [1.82, 2.24) is 0 Å². The number of alkyl halides is 16. The van der Waals surface area contributed by atoms with Gasteiger partial charge in [-0.15, -0.1) is 0 Å². The average molecular weight is 510 g/mol. The summed E-state index contributed by atoms with van der Waals surface area (Å²) in [6.45, 7) is 0. The van der Waals surface area contributed by atoms with Gasteiger partial charge in [0, 0.05) is 14.2 Å². The minimum atomic E-state index is -7.43. The number of hydrogen-bond donors (Lipinski definition) is 0. The van der Waals surface area contributed by atoms with Gasteiger partial charge in [0.1, 0.15) is 0 Å². The quantitative estimate of drug-likeness (QED) is 0.344. The molecule has 0 aliphatic rings. The number of rotatable bonds is 12. The molecule has 0 aliphatic carbocycles. The van der Waals surface area contributed by atoms with Crippen LogP contribution in [0.15, 0.2) is 0 Å². The lowest BCUT2D eigenvalue weighted by Gasteiger charge is -2.35. The van der Waals surface area contributed by atoms with Crippen LogP contribution in [-0.2, 0) is 23.7 Å². The Hall–Kier alpha value is -1.32. The van der Waals surface area contributed by atoms with Crippen LogP contribution in [0, 0.1) is 0 Å². The second-order valence-electron chi connectivity index (χ2n) is 4.85. The normalized spacial score (nSPS) is 16.1. The van der Waals surface area contributed by atoms with E-state index in [4.69, 9.17) is 0 Å². The van der Waals surface area contributed by atoms with Crippen LogP contribution in [0.25, 0.3) is 0 Å². The Morgan fingerprint density at radius 3 is 0.548 bits per heavy atom. The van der Waals surface area contributed by atoms with Crippen molar-refractivity contribution in [1.29, 1.82) is 0 Å². The van der Waals surface area contributed by atoms with Gasteiger partial charge in [-0.05, 0) is 0 Å². The molecule has 0 amide bonds. The standard InChI is InChI=1S/C10H6F16O5/c1-27-3(11,12)5(15,16)29-7(19,20)9(23,24)31-10(25,26)8(21,22)30-6(17,18)4(13,14)28-2/h1-2H3. The van der Waals surface area contributed by atoms with Crippen molar-refractivity contribution in [3.63, 3.8) is 0 Å². The van der Waals surface area contributed by atoms with Gasteiger partial charge >= 0.3 is 48.9 Å². The fourth-order valence-electron chi connectivity index (χ4n) is 1.08. The van der Waals surface area contributed by atoms with Crippen molar-refractivity contribution in [3.8, 4) is 0 Å². The zero-order chi connectivity index (χ0) is 25.5. The fourth-order valence-corrected chi connectivity index (χ4v) is 1.08. The van der Waals surface area contributed by atoms with Gasteiger partial charge < -0.3 is 9.47 Å². The summed E-state index contributed by atoms with van der Waals surface area (Å²) < 4.78 is 215. The predicted octanol–water partition coefficient (Wildman–Crippen LogP) is 5.07. The summed E-state index contributed by atoms with van der Waals surface area (Å²) in [4.78, 5) is 0. The molecule has 0 saturated heterocycles. The molecule has 0 saturated carbocycles. The lowest BCUT2D eigenvalue weighted by Crippen LogP contribution is -2.60. The summed E-state index contributed by atoms with van der Waals surface area (Å²) in [7, 11) is -0.599. The van der Waals surface area contributed by atoms with Gasteiger partial charge in [-0.25, -0.2) is 14.2 Å². The zero-order valence-corrected chi connectivity index (χ0v) is 14.1. The topological polar surface area (TPSA) is 46.2 Å². The van der Waals surface area contributed by atoms with E-state index in [1.807, 2.05) is 0 Å². The molecular formula is C10H6F16O5. The minimum absolute atomic E-state index is 0.300. The predicted molar refractivity (Wildman–Crippen MR) is 56.8 cm³/mol. The molecule has 0 N–H and O–H groups in total. The second kappa shape index (κ2) is 8.23. The first kappa shape index (κ1) is 29.7. The van der Waals surface area contributed by atoms with E-state index < -0.39 is 48.9 Å². The van der Waals surface area contributed by atoms with Gasteiger partial charge in [0.15, 0.2) is 0 Å². The molecule has 0 bridgehead atoms. The summed E-state index contributed by atoms with van der Waals surface area (Å²) in [6.07, 6.45) is -55.3. The first-order valence-electron chi connectivity index (χ1n) is 6.47. The van der Waals surface area contributed by atoms with E-state index in [1.54, 1.807) is 9.47 Å². The third kappa shape index (κ3) is 5.93. The molecule has 0 radical (unpaired) electrons. The van der Waals surface area contributed by atoms with Crippen molar-refractivity contribution in [2.24, 2.45) is 0 Å². The van der Waals surface area contributed by atoms with E-state index in [9.17, 15) is 70.2 Å². The van der Waals surface area contributed by atoms with Gasteiger partial charge in [-0.3, -0.25) is 0 Å². The molecule has 5 nitrogen and oxygen atoms in total. The van der Waals surface area contributed by atoms with Crippen molar-refractivity contribution < 1.29 is 93.9 Å².